The molecular weight excluding hydrogens is 176 g/mol. The first kappa shape index (κ1) is 11.4. The quantitative estimate of drug-likeness (QED) is 0.693. The van der Waals surface area contributed by atoms with E-state index in [0.29, 0.717) is 0 Å². The molecule has 2 atom stereocenters. The van der Waals surface area contributed by atoms with Gasteiger partial charge in [0.25, 0.3) is 0 Å². The van der Waals surface area contributed by atoms with Crippen molar-refractivity contribution in [2.24, 2.45) is 11.8 Å². The topological polar surface area (TPSA) is 20.2 Å². The Morgan fingerprint density at radius 2 is 1.82 bits per heavy atom. The molecule has 1 N–H and O–H groups in total. The average molecular weight is 192 g/mol. The van der Waals surface area contributed by atoms with Gasteiger partial charge in [-0.3, -0.25) is 0 Å². The fraction of sp³-hybridized carbons (Fsp3) is 0.875. The SMILES string of the molecule is CSC(=S)[C@@H](C)[C@H](O)C(C)C. The number of aliphatic hydroxyl groups is 1. The molecule has 0 spiro atoms. The number of hydrogen-bond acceptors (Lipinski definition) is 3. The molecule has 0 aliphatic heterocycles. The minimum atomic E-state index is -0.296. The molecule has 3 heteroatoms. The summed E-state index contributed by atoms with van der Waals surface area (Å²) < 4.78 is 0.895. The van der Waals surface area contributed by atoms with E-state index in [1.54, 1.807) is 11.8 Å². The highest BCUT2D eigenvalue weighted by Gasteiger charge is 2.20. The Morgan fingerprint density at radius 1 is 1.36 bits per heavy atom. The summed E-state index contributed by atoms with van der Waals surface area (Å²) in [4.78, 5) is 0. The monoisotopic (exact) mass is 192 g/mol. The summed E-state index contributed by atoms with van der Waals surface area (Å²) in [6.07, 6.45) is 1.65. The second-order valence-corrected chi connectivity index (χ2v) is 4.59. The molecule has 66 valence electrons. The van der Waals surface area contributed by atoms with Gasteiger partial charge in [0.15, 0.2) is 0 Å². The van der Waals surface area contributed by atoms with Gasteiger partial charge in [-0.1, -0.05) is 33.0 Å². The highest BCUT2D eigenvalue weighted by atomic mass is 32.2. The van der Waals surface area contributed by atoms with Crippen LogP contribution in [0.1, 0.15) is 20.8 Å². The minimum Gasteiger partial charge on any atom is -0.392 e. The maximum absolute atomic E-state index is 9.60. The van der Waals surface area contributed by atoms with Gasteiger partial charge in [-0.05, 0) is 12.2 Å². The van der Waals surface area contributed by atoms with E-state index in [1.807, 2.05) is 27.0 Å². The van der Waals surface area contributed by atoms with Gasteiger partial charge < -0.3 is 5.11 Å². The highest BCUT2D eigenvalue weighted by molar-refractivity contribution is 8.22. The predicted octanol–water partition coefficient (Wildman–Crippen LogP) is 2.33. The largest absolute Gasteiger partial charge is 0.392 e. The van der Waals surface area contributed by atoms with Crippen molar-refractivity contribution >= 4 is 28.2 Å². The van der Waals surface area contributed by atoms with E-state index in [4.69, 9.17) is 12.2 Å². The Balaban J connectivity index is 4.01. The third kappa shape index (κ3) is 3.54. The Kier molecular flexibility index (Phi) is 5.30. The lowest BCUT2D eigenvalue weighted by Gasteiger charge is -2.21. The number of thioether (sulfide) groups is 1. The first-order chi connectivity index (χ1) is 5.00. The van der Waals surface area contributed by atoms with Gasteiger partial charge in [0.1, 0.15) is 0 Å². The van der Waals surface area contributed by atoms with Crippen molar-refractivity contribution in [3.05, 3.63) is 0 Å². The zero-order valence-electron chi connectivity index (χ0n) is 7.50. The maximum atomic E-state index is 9.60. The van der Waals surface area contributed by atoms with Crippen LogP contribution in [-0.4, -0.2) is 21.7 Å². The van der Waals surface area contributed by atoms with Gasteiger partial charge in [-0.2, -0.15) is 0 Å². The summed E-state index contributed by atoms with van der Waals surface area (Å²) in [5.41, 5.74) is 0. The van der Waals surface area contributed by atoms with Crippen molar-refractivity contribution in [2.75, 3.05) is 6.26 Å². The first-order valence-electron chi connectivity index (χ1n) is 3.76. The molecular formula is C8H16OS2. The van der Waals surface area contributed by atoms with Gasteiger partial charge in [-0.15, -0.1) is 11.8 Å². The molecule has 0 rings (SSSR count). The number of thiocarbonyl (C=S) groups is 1. The van der Waals surface area contributed by atoms with Crippen LogP contribution in [0.2, 0.25) is 0 Å². The Bertz CT molecular complexity index is 134. The smallest absolute Gasteiger partial charge is 0.0642 e. The first-order valence-corrected chi connectivity index (χ1v) is 5.40. The van der Waals surface area contributed by atoms with Crippen molar-refractivity contribution in [2.45, 2.75) is 26.9 Å². The van der Waals surface area contributed by atoms with Crippen molar-refractivity contribution < 1.29 is 5.11 Å². The molecule has 0 saturated heterocycles. The van der Waals surface area contributed by atoms with Gasteiger partial charge >= 0.3 is 0 Å². The molecule has 0 saturated carbocycles. The van der Waals surface area contributed by atoms with Gasteiger partial charge in [0.2, 0.25) is 0 Å². The average Bonchev–Trinajstić information content (AvgIpc) is 2.00. The van der Waals surface area contributed by atoms with Crippen LogP contribution in [0.4, 0.5) is 0 Å². The molecule has 1 nitrogen and oxygen atoms in total. The highest BCUT2D eigenvalue weighted by Crippen LogP contribution is 2.19. The predicted molar refractivity (Wildman–Crippen MR) is 56.1 cm³/mol. The van der Waals surface area contributed by atoms with Crippen LogP contribution in [0.5, 0.6) is 0 Å². The molecule has 0 aliphatic rings. The van der Waals surface area contributed by atoms with Crippen LogP contribution in [0.15, 0.2) is 0 Å². The molecule has 0 bridgehead atoms. The fourth-order valence-electron chi connectivity index (χ4n) is 0.903. The van der Waals surface area contributed by atoms with Crippen LogP contribution in [0, 0.1) is 11.8 Å². The molecule has 0 heterocycles. The summed E-state index contributed by atoms with van der Waals surface area (Å²) in [7, 11) is 0. The number of rotatable bonds is 3. The molecule has 11 heavy (non-hydrogen) atoms. The molecule has 0 unspecified atom stereocenters. The fourth-order valence-corrected chi connectivity index (χ4v) is 1.55. The summed E-state index contributed by atoms with van der Waals surface area (Å²) in [6, 6.07) is 0. The van der Waals surface area contributed by atoms with E-state index in [1.165, 1.54) is 0 Å². The summed E-state index contributed by atoms with van der Waals surface area (Å²) in [6.45, 7) is 5.98. The minimum absolute atomic E-state index is 0.125. The molecule has 0 fully saturated rings. The van der Waals surface area contributed by atoms with E-state index in [0.717, 1.165) is 4.20 Å². The van der Waals surface area contributed by atoms with Gasteiger partial charge in [0, 0.05) is 5.92 Å². The zero-order valence-corrected chi connectivity index (χ0v) is 9.13. The van der Waals surface area contributed by atoms with Crippen LogP contribution >= 0.6 is 24.0 Å². The van der Waals surface area contributed by atoms with Gasteiger partial charge in [-0.25, -0.2) is 0 Å². The lowest BCUT2D eigenvalue weighted by Crippen LogP contribution is -2.27. The zero-order chi connectivity index (χ0) is 9.02. The van der Waals surface area contributed by atoms with Crippen LogP contribution < -0.4 is 0 Å². The molecule has 0 aliphatic carbocycles. The summed E-state index contributed by atoms with van der Waals surface area (Å²) in [5, 5.41) is 9.60. The lowest BCUT2D eigenvalue weighted by molar-refractivity contribution is 0.0998. The lowest BCUT2D eigenvalue weighted by atomic mass is 9.96. The second-order valence-electron chi connectivity index (χ2n) is 3.05. The number of hydrogen-bond donors (Lipinski definition) is 1. The third-order valence-corrected chi connectivity index (χ3v) is 3.41. The normalized spacial score (nSPS) is 16.5. The van der Waals surface area contributed by atoms with E-state index in [9.17, 15) is 5.11 Å². The van der Waals surface area contributed by atoms with Gasteiger partial charge in [0.05, 0.1) is 10.3 Å². The van der Waals surface area contributed by atoms with Crippen LogP contribution in [0.25, 0.3) is 0 Å². The van der Waals surface area contributed by atoms with Crippen molar-refractivity contribution in [1.29, 1.82) is 0 Å². The Morgan fingerprint density at radius 3 is 2.09 bits per heavy atom. The summed E-state index contributed by atoms with van der Waals surface area (Å²) in [5.74, 6) is 0.412. The molecule has 0 aromatic rings. The summed E-state index contributed by atoms with van der Waals surface area (Å²) >= 11 is 6.63. The van der Waals surface area contributed by atoms with Crippen LogP contribution in [-0.2, 0) is 0 Å². The molecule has 0 aromatic carbocycles. The Hall–Kier alpha value is 0.400. The standard InChI is InChI=1S/C8H16OS2/c1-5(2)7(9)6(3)8(10)11-4/h5-7,9H,1-4H3/t6-,7+/m0/s1. The Labute approximate surface area is 78.6 Å². The van der Waals surface area contributed by atoms with Crippen molar-refractivity contribution in [3.63, 3.8) is 0 Å². The van der Waals surface area contributed by atoms with E-state index in [-0.39, 0.29) is 17.9 Å². The molecule has 0 radical (unpaired) electrons. The van der Waals surface area contributed by atoms with E-state index in [2.05, 4.69) is 0 Å². The third-order valence-electron chi connectivity index (χ3n) is 1.77. The van der Waals surface area contributed by atoms with Crippen molar-refractivity contribution in [1.82, 2.24) is 0 Å². The maximum Gasteiger partial charge on any atom is 0.0642 e. The molecule has 0 aromatic heterocycles. The van der Waals surface area contributed by atoms with E-state index >= 15 is 0 Å². The second kappa shape index (κ2) is 5.12. The number of aliphatic hydroxyl groups excluding tert-OH is 1. The molecule has 0 amide bonds. The van der Waals surface area contributed by atoms with Crippen molar-refractivity contribution in [3.8, 4) is 0 Å². The van der Waals surface area contributed by atoms with Crippen LogP contribution in [0.3, 0.4) is 0 Å². The van der Waals surface area contributed by atoms with E-state index < -0.39 is 0 Å².